The predicted molar refractivity (Wildman–Crippen MR) is 127 cm³/mol. The van der Waals surface area contributed by atoms with Gasteiger partial charge in [0.15, 0.2) is 5.78 Å². The van der Waals surface area contributed by atoms with Gasteiger partial charge in [-0.05, 0) is 66.7 Å². The number of carbonyl (C=O) groups excluding carboxylic acids is 1. The van der Waals surface area contributed by atoms with Crippen molar-refractivity contribution in [3.63, 3.8) is 0 Å². The van der Waals surface area contributed by atoms with E-state index in [-0.39, 0.29) is 17.6 Å². The number of fused-ring (bicyclic) bond motifs is 1. The lowest BCUT2D eigenvalue weighted by atomic mass is 9.82. The van der Waals surface area contributed by atoms with Crippen LogP contribution in [0, 0.1) is 17.8 Å². The number of benzene rings is 1. The van der Waals surface area contributed by atoms with Crippen molar-refractivity contribution in [2.45, 2.75) is 34.1 Å². The largest absolute Gasteiger partial charge is 0.493 e. The van der Waals surface area contributed by atoms with Crippen molar-refractivity contribution in [2.75, 3.05) is 6.61 Å². The summed E-state index contributed by atoms with van der Waals surface area (Å²) in [4.78, 5) is 13.6. The number of aromatic amines is 1. The Morgan fingerprint density at radius 3 is 2.72 bits per heavy atom. The molecule has 0 aliphatic carbocycles. The van der Waals surface area contributed by atoms with Crippen LogP contribution in [0.5, 0.6) is 5.75 Å². The number of hydrogen-bond donors (Lipinski definition) is 1. The molecule has 0 spiro atoms. The van der Waals surface area contributed by atoms with Gasteiger partial charge in [0.05, 0.1) is 24.3 Å². The summed E-state index contributed by atoms with van der Waals surface area (Å²) in [6, 6.07) is 5.47. The molecule has 1 atom stereocenters. The van der Waals surface area contributed by atoms with E-state index in [1.54, 1.807) is 19.1 Å². The standard InChI is InChI=1S/C26H28ClFN2O2/c1-6-21(25(31)19-11-18-12-20(27)8-10-24(18)32-14-19)22(17(5)15(2)3)9-7-16(4)23-13-29-30-26(23)28/h6-10,12-13,15,19H,5,11,14H2,1-4H3,(H,29,30)/b16-7+,21-6+,22-9+. The highest BCUT2D eigenvalue weighted by molar-refractivity contribution is 6.30. The molecule has 0 saturated carbocycles. The van der Waals surface area contributed by atoms with E-state index in [0.717, 1.165) is 22.5 Å². The van der Waals surface area contributed by atoms with E-state index in [1.165, 1.54) is 6.20 Å². The number of H-pyrrole nitrogens is 1. The molecule has 1 unspecified atom stereocenters. The third-order valence-corrected chi connectivity index (χ3v) is 5.94. The van der Waals surface area contributed by atoms with Gasteiger partial charge in [-0.2, -0.15) is 9.49 Å². The number of nitrogens with zero attached hydrogens (tertiary/aromatic N) is 1. The molecule has 1 N–H and O–H groups in total. The summed E-state index contributed by atoms with van der Waals surface area (Å²) in [7, 11) is 0. The fraction of sp³-hybridized carbons (Fsp3) is 0.308. The molecule has 0 fully saturated rings. The van der Waals surface area contributed by atoms with Crippen LogP contribution in [0.2, 0.25) is 5.02 Å². The molecule has 4 nitrogen and oxygen atoms in total. The average molecular weight is 455 g/mol. The Morgan fingerprint density at radius 1 is 1.34 bits per heavy atom. The summed E-state index contributed by atoms with van der Waals surface area (Å²) in [5.74, 6) is 0.0723. The van der Waals surface area contributed by atoms with Crippen molar-refractivity contribution in [1.29, 1.82) is 0 Å². The minimum Gasteiger partial charge on any atom is -0.493 e. The molecule has 1 aromatic heterocycles. The van der Waals surface area contributed by atoms with Crippen LogP contribution < -0.4 is 4.74 Å². The fourth-order valence-electron chi connectivity index (χ4n) is 3.71. The van der Waals surface area contributed by atoms with Gasteiger partial charge in [-0.25, -0.2) is 0 Å². The van der Waals surface area contributed by atoms with Crippen LogP contribution in [0.3, 0.4) is 0 Å². The topological polar surface area (TPSA) is 55.0 Å². The first-order valence-corrected chi connectivity index (χ1v) is 11.0. The maximum absolute atomic E-state index is 13.9. The summed E-state index contributed by atoms with van der Waals surface area (Å²) in [6.07, 6.45) is 7.45. The van der Waals surface area contributed by atoms with E-state index in [2.05, 4.69) is 16.8 Å². The van der Waals surface area contributed by atoms with E-state index in [9.17, 15) is 9.18 Å². The van der Waals surface area contributed by atoms with Crippen molar-refractivity contribution >= 4 is 23.0 Å². The third-order valence-electron chi connectivity index (χ3n) is 5.70. The highest BCUT2D eigenvalue weighted by Crippen LogP contribution is 2.34. The molecular weight excluding hydrogens is 427 g/mol. The van der Waals surface area contributed by atoms with Crippen LogP contribution in [0.15, 0.2) is 65.9 Å². The molecule has 2 heterocycles. The molecule has 168 valence electrons. The van der Waals surface area contributed by atoms with E-state index in [1.807, 2.05) is 45.1 Å². The van der Waals surface area contributed by atoms with Crippen LogP contribution in [0.4, 0.5) is 4.39 Å². The van der Waals surface area contributed by atoms with Crippen molar-refractivity contribution in [2.24, 2.45) is 11.8 Å². The first-order valence-electron chi connectivity index (χ1n) is 10.6. The van der Waals surface area contributed by atoms with Crippen molar-refractivity contribution < 1.29 is 13.9 Å². The summed E-state index contributed by atoms with van der Waals surface area (Å²) in [6.45, 7) is 12.2. The second kappa shape index (κ2) is 10.1. The SMILES string of the molecule is C=C(C(=C\C=C(/C)c1cn[nH]c1F)/C(=C\C)C(=O)C1COc2ccc(Cl)cc2C1)C(C)C. The number of nitrogens with one attached hydrogen (secondary N) is 1. The quantitative estimate of drug-likeness (QED) is 0.383. The van der Waals surface area contributed by atoms with Gasteiger partial charge >= 0.3 is 0 Å². The molecule has 0 bridgehead atoms. The molecular formula is C26H28ClFN2O2. The van der Waals surface area contributed by atoms with Gasteiger partial charge in [-0.15, -0.1) is 0 Å². The lowest BCUT2D eigenvalue weighted by Gasteiger charge is -2.26. The average Bonchev–Trinajstić information content (AvgIpc) is 3.20. The molecule has 0 amide bonds. The number of hydrogen-bond acceptors (Lipinski definition) is 3. The number of Topliss-reactive ketones (excluding diaryl/α,β-unsaturated/α-hetero) is 1. The van der Waals surface area contributed by atoms with Crippen molar-refractivity contribution in [3.05, 3.63) is 88.0 Å². The van der Waals surface area contributed by atoms with Crippen LogP contribution in [-0.4, -0.2) is 22.6 Å². The maximum Gasteiger partial charge on any atom is 0.216 e. The second-order valence-electron chi connectivity index (χ2n) is 8.24. The van der Waals surface area contributed by atoms with Gasteiger partial charge in [0, 0.05) is 10.6 Å². The van der Waals surface area contributed by atoms with E-state index >= 15 is 0 Å². The third kappa shape index (κ3) is 5.10. The Bertz CT molecular complexity index is 1120. The summed E-state index contributed by atoms with van der Waals surface area (Å²) in [5.41, 5.74) is 4.17. The Kier molecular flexibility index (Phi) is 7.52. The highest BCUT2D eigenvalue weighted by atomic mass is 35.5. The second-order valence-corrected chi connectivity index (χ2v) is 8.67. The van der Waals surface area contributed by atoms with Crippen LogP contribution in [0.25, 0.3) is 5.57 Å². The molecule has 2 aromatic rings. The Hall–Kier alpha value is -2.92. The minimum absolute atomic E-state index is 0.00767. The van der Waals surface area contributed by atoms with Crippen molar-refractivity contribution in [1.82, 2.24) is 10.2 Å². The molecule has 0 radical (unpaired) electrons. The molecule has 3 rings (SSSR count). The van der Waals surface area contributed by atoms with Crippen molar-refractivity contribution in [3.8, 4) is 5.75 Å². The minimum atomic E-state index is -0.490. The molecule has 32 heavy (non-hydrogen) atoms. The number of rotatable bonds is 7. The number of carbonyl (C=O) groups is 1. The maximum atomic E-state index is 13.9. The van der Waals surface area contributed by atoms with Crippen LogP contribution in [-0.2, 0) is 11.2 Å². The zero-order valence-electron chi connectivity index (χ0n) is 18.8. The molecule has 1 aliphatic rings. The molecule has 1 aliphatic heterocycles. The number of allylic oxidation sites excluding steroid dienone is 7. The summed E-state index contributed by atoms with van der Waals surface area (Å²) < 4.78 is 19.7. The number of ketones is 1. The molecule has 1 aromatic carbocycles. The highest BCUT2D eigenvalue weighted by Gasteiger charge is 2.30. The van der Waals surface area contributed by atoms with Gasteiger partial charge in [0.25, 0.3) is 0 Å². The predicted octanol–water partition coefficient (Wildman–Crippen LogP) is 6.51. The first-order chi connectivity index (χ1) is 15.2. The Morgan fingerprint density at radius 2 is 2.09 bits per heavy atom. The van der Waals surface area contributed by atoms with Gasteiger partial charge < -0.3 is 4.74 Å². The van der Waals surface area contributed by atoms with Gasteiger partial charge in [0.1, 0.15) is 5.75 Å². The van der Waals surface area contributed by atoms with Crippen LogP contribution >= 0.6 is 11.6 Å². The lowest BCUT2D eigenvalue weighted by Crippen LogP contribution is -2.30. The number of ether oxygens (including phenoxy) is 1. The van der Waals surface area contributed by atoms with E-state index < -0.39 is 5.95 Å². The Labute approximate surface area is 193 Å². The van der Waals surface area contributed by atoms with E-state index in [0.29, 0.717) is 34.8 Å². The van der Waals surface area contributed by atoms with Gasteiger partial charge in [-0.1, -0.05) is 50.3 Å². The number of halogens is 2. The monoisotopic (exact) mass is 454 g/mol. The molecule has 0 saturated heterocycles. The normalized spacial score (nSPS) is 17.2. The first kappa shape index (κ1) is 23.7. The smallest absolute Gasteiger partial charge is 0.216 e. The Balaban J connectivity index is 1.93. The summed E-state index contributed by atoms with van der Waals surface area (Å²) in [5, 5.41) is 6.65. The molecule has 6 heteroatoms. The zero-order valence-corrected chi connectivity index (χ0v) is 19.6. The summed E-state index contributed by atoms with van der Waals surface area (Å²) >= 11 is 6.13. The zero-order chi connectivity index (χ0) is 23.4. The van der Waals surface area contributed by atoms with E-state index in [4.69, 9.17) is 16.3 Å². The number of aromatic nitrogens is 2. The fourth-order valence-corrected chi connectivity index (χ4v) is 3.90. The van der Waals surface area contributed by atoms with Gasteiger partial charge in [0.2, 0.25) is 5.95 Å². The lowest BCUT2D eigenvalue weighted by molar-refractivity contribution is -0.120. The van der Waals surface area contributed by atoms with Gasteiger partial charge in [-0.3, -0.25) is 9.89 Å². The van der Waals surface area contributed by atoms with Crippen LogP contribution in [0.1, 0.15) is 38.8 Å².